The number of hydrogen-bond donors (Lipinski definition) is 1. The molecule has 0 fully saturated rings. The van der Waals surface area contributed by atoms with Gasteiger partial charge >= 0.3 is 6.18 Å². The summed E-state index contributed by atoms with van der Waals surface area (Å²) in [6, 6.07) is 4.06. The van der Waals surface area contributed by atoms with Gasteiger partial charge in [0.2, 0.25) is 0 Å². The predicted octanol–water partition coefficient (Wildman–Crippen LogP) is 3.27. The number of rotatable bonds is 4. The minimum absolute atomic E-state index is 0.0159. The Balaban J connectivity index is 2.92. The highest BCUT2D eigenvalue weighted by atomic mass is 19.4. The predicted molar refractivity (Wildman–Crippen MR) is 61.0 cm³/mol. The lowest BCUT2D eigenvalue weighted by Crippen LogP contribution is -2.25. The second-order valence-electron chi connectivity index (χ2n) is 4.14. The Bertz CT molecular complexity index is 404. The first-order valence-corrected chi connectivity index (χ1v) is 5.46. The summed E-state index contributed by atoms with van der Waals surface area (Å²) >= 11 is 0. The minimum atomic E-state index is -4.26. The monoisotopic (exact) mass is 265 g/mol. The van der Waals surface area contributed by atoms with E-state index in [-0.39, 0.29) is 17.8 Å². The number of alkyl halides is 3. The van der Waals surface area contributed by atoms with Gasteiger partial charge in [0, 0.05) is 24.8 Å². The minimum Gasteiger partial charge on any atom is -0.389 e. The Morgan fingerprint density at radius 3 is 2.44 bits per heavy atom. The van der Waals surface area contributed by atoms with Crippen molar-refractivity contribution in [2.45, 2.75) is 25.6 Å². The average Bonchev–Trinajstić information content (AvgIpc) is 2.24. The third-order valence-electron chi connectivity index (χ3n) is 2.59. The molecule has 0 aliphatic heterocycles. The second kappa shape index (κ2) is 5.56. The summed E-state index contributed by atoms with van der Waals surface area (Å²) < 4.78 is 49.9. The Hall–Kier alpha value is -1.30. The van der Waals surface area contributed by atoms with Gasteiger partial charge in [-0.05, 0) is 19.1 Å². The molecular formula is C12H15F4NO. The zero-order valence-electron chi connectivity index (χ0n) is 10.1. The van der Waals surface area contributed by atoms with E-state index in [1.54, 1.807) is 0 Å². The summed E-state index contributed by atoms with van der Waals surface area (Å²) in [7, 11) is 1.44. The van der Waals surface area contributed by atoms with E-state index in [2.05, 4.69) is 0 Å². The lowest BCUT2D eigenvalue weighted by Gasteiger charge is -2.24. The Kier molecular flexibility index (Phi) is 4.56. The van der Waals surface area contributed by atoms with Gasteiger partial charge in [0.25, 0.3) is 0 Å². The highest BCUT2D eigenvalue weighted by Gasteiger charge is 2.28. The summed E-state index contributed by atoms with van der Waals surface area (Å²) in [5, 5.41) is 9.47. The van der Waals surface area contributed by atoms with Crippen LogP contribution in [-0.2, 0) is 0 Å². The third kappa shape index (κ3) is 3.87. The first kappa shape index (κ1) is 14.8. The molecule has 1 unspecified atom stereocenters. The van der Waals surface area contributed by atoms with Crippen LogP contribution >= 0.6 is 0 Å². The normalized spacial score (nSPS) is 13.5. The summed E-state index contributed by atoms with van der Waals surface area (Å²) in [6.45, 7) is 1.09. The van der Waals surface area contributed by atoms with E-state index in [4.69, 9.17) is 0 Å². The molecular weight excluding hydrogens is 250 g/mol. The molecule has 1 atom stereocenters. The van der Waals surface area contributed by atoms with E-state index in [0.717, 1.165) is 0 Å². The molecule has 0 amide bonds. The van der Waals surface area contributed by atoms with Gasteiger partial charge in [0.05, 0.1) is 12.5 Å². The SMILES string of the molecule is CC(O)c1c(F)cccc1N(C)CCC(F)(F)F. The van der Waals surface area contributed by atoms with Crippen LogP contribution in [0.25, 0.3) is 0 Å². The van der Waals surface area contributed by atoms with Gasteiger partial charge in [-0.1, -0.05) is 6.07 Å². The number of hydrogen-bond acceptors (Lipinski definition) is 2. The molecule has 0 radical (unpaired) electrons. The first-order chi connectivity index (χ1) is 8.22. The van der Waals surface area contributed by atoms with E-state index in [9.17, 15) is 22.7 Å². The maximum absolute atomic E-state index is 13.5. The van der Waals surface area contributed by atoms with Gasteiger partial charge in [0.1, 0.15) is 5.82 Å². The molecule has 0 aliphatic rings. The molecule has 0 spiro atoms. The zero-order chi connectivity index (χ0) is 13.9. The van der Waals surface area contributed by atoms with Gasteiger partial charge in [0.15, 0.2) is 0 Å². The summed E-state index contributed by atoms with van der Waals surface area (Å²) in [6.07, 6.45) is -6.32. The lowest BCUT2D eigenvalue weighted by atomic mass is 10.1. The molecule has 0 aliphatic carbocycles. The highest BCUT2D eigenvalue weighted by molar-refractivity contribution is 5.54. The number of aliphatic hydroxyl groups excluding tert-OH is 1. The molecule has 102 valence electrons. The maximum Gasteiger partial charge on any atom is 0.390 e. The Labute approximate surface area is 103 Å². The molecule has 1 aromatic carbocycles. The van der Waals surface area contributed by atoms with Gasteiger partial charge in [-0.15, -0.1) is 0 Å². The van der Waals surface area contributed by atoms with Crippen molar-refractivity contribution in [3.63, 3.8) is 0 Å². The smallest absolute Gasteiger partial charge is 0.389 e. The van der Waals surface area contributed by atoms with Crippen molar-refractivity contribution >= 4 is 5.69 Å². The molecule has 1 aromatic rings. The van der Waals surface area contributed by atoms with Gasteiger partial charge in [-0.2, -0.15) is 13.2 Å². The van der Waals surface area contributed by atoms with Crippen LogP contribution in [0.4, 0.5) is 23.2 Å². The quantitative estimate of drug-likeness (QED) is 0.845. The summed E-state index contributed by atoms with van der Waals surface area (Å²) in [4.78, 5) is 1.29. The summed E-state index contributed by atoms with van der Waals surface area (Å²) in [5.74, 6) is -0.624. The van der Waals surface area contributed by atoms with Gasteiger partial charge < -0.3 is 10.0 Å². The molecule has 1 N–H and O–H groups in total. The molecule has 6 heteroatoms. The van der Waals surface area contributed by atoms with Crippen LogP contribution < -0.4 is 4.90 Å². The third-order valence-corrected chi connectivity index (χ3v) is 2.59. The van der Waals surface area contributed by atoms with E-state index >= 15 is 0 Å². The van der Waals surface area contributed by atoms with Crippen molar-refractivity contribution in [1.82, 2.24) is 0 Å². The van der Waals surface area contributed by atoms with Crippen molar-refractivity contribution in [3.05, 3.63) is 29.6 Å². The molecule has 0 saturated carbocycles. The van der Waals surface area contributed by atoms with Gasteiger partial charge in [-0.25, -0.2) is 4.39 Å². The number of halogens is 4. The van der Waals surface area contributed by atoms with Crippen molar-refractivity contribution in [2.24, 2.45) is 0 Å². The lowest BCUT2D eigenvalue weighted by molar-refractivity contribution is -0.132. The van der Waals surface area contributed by atoms with Crippen molar-refractivity contribution in [2.75, 3.05) is 18.5 Å². The van der Waals surface area contributed by atoms with Crippen LogP contribution in [0.1, 0.15) is 25.0 Å². The number of aliphatic hydroxyl groups is 1. The fourth-order valence-corrected chi connectivity index (χ4v) is 1.69. The van der Waals surface area contributed by atoms with E-state index < -0.39 is 24.5 Å². The number of nitrogens with zero attached hydrogens (tertiary/aromatic N) is 1. The highest BCUT2D eigenvalue weighted by Crippen LogP contribution is 2.29. The van der Waals surface area contributed by atoms with Crippen LogP contribution in [-0.4, -0.2) is 24.9 Å². The standard InChI is InChI=1S/C12H15F4NO/c1-8(18)11-9(13)4-3-5-10(11)17(2)7-6-12(14,15)16/h3-5,8,18H,6-7H2,1-2H3. The largest absolute Gasteiger partial charge is 0.390 e. The summed E-state index contributed by atoms with van der Waals surface area (Å²) in [5.41, 5.74) is 0.288. The van der Waals surface area contributed by atoms with Crippen molar-refractivity contribution in [1.29, 1.82) is 0 Å². The zero-order valence-corrected chi connectivity index (χ0v) is 10.1. The van der Waals surface area contributed by atoms with Crippen LogP contribution in [0, 0.1) is 5.82 Å². The van der Waals surface area contributed by atoms with Crippen LogP contribution in [0.2, 0.25) is 0 Å². The Morgan fingerprint density at radius 2 is 1.94 bits per heavy atom. The van der Waals surface area contributed by atoms with Crippen LogP contribution in [0.3, 0.4) is 0 Å². The molecule has 0 aromatic heterocycles. The van der Waals surface area contributed by atoms with Crippen LogP contribution in [0.15, 0.2) is 18.2 Å². The number of benzene rings is 1. The fourth-order valence-electron chi connectivity index (χ4n) is 1.69. The van der Waals surface area contributed by atoms with E-state index in [1.165, 1.54) is 37.1 Å². The number of anilines is 1. The van der Waals surface area contributed by atoms with E-state index in [1.807, 2.05) is 0 Å². The molecule has 18 heavy (non-hydrogen) atoms. The Morgan fingerprint density at radius 1 is 1.33 bits per heavy atom. The average molecular weight is 265 g/mol. The molecule has 0 saturated heterocycles. The first-order valence-electron chi connectivity index (χ1n) is 5.46. The molecule has 0 bridgehead atoms. The van der Waals surface area contributed by atoms with Gasteiger partial charge in [-0.3, -0.25) is 0 Å². The van der Waals surface area contributed by atoms with Crippen molar-refractivity contribution in [3.8, 4) is 0 Å². The maximum atomic E-state index is 13.5. The topological polar surface area (TPSA) is 23.5 Å². The fraction of sp³-hybridized carbons (Fsp3) is 0.500. The van der Waals surface area contributed by atoms with Crippen molar-refractivity contribution < 1.29 is 22.7 Å². The van der Waals surface area contributed by atoms with E-state index in [0.29, 0.717) is 0 Å². The molecule has 0 heterocycles. The second-order valence-corrected chi connectivity index (χ2v) is 4.14. The molecule has 1 rings (SSSR count). The van der Waals surface area contributed by atoms with Crippen LogP contribution in [0.5, 0.6) is 0 Å². The molecule has 2 nitrogen and oxygen atoms in total.